The highest BCUT2D eigenvalue weighted by Gasteiger charge is 2.32. The van der Waals surface area contributed by atoms with Crippen LogP contribution in [-0.4, -0.2) is 40.6 Å². The first-order valence-corrected chi connectivity index (χ1v) is 10.8. The number of furan rings is 1. The summed E-state index contributed by atoms with van der Waals surface area (Å²) in [6, 6.07) is 12.8. The third-order valence-electron chi connectivity index (χ3n) is 5.11. The van der Waals surface area contributed by atoms with Crippen LogP contribution < -0.4 is 21.5 Å². The highest BCUT2D eigenvalue weighted by molar-refractivity contribution is 5.95. The molecule has 178 valence electrons. The molecule has 0 unspecified atom stereocenters. The number of hydrogen-bond donors (Lipinski definition) is 3. The van der Waals surface area contributed by atoms with E-state index in [9.17, 15) is 19.2 Å². The summed E-state index contributed by atoms with van der Waals surface area (Å²) in [5.74, 6) is -0.371. The third kappa shape index (κ3) is 5.77. The topological polar surface area (TPSA) is 135 Å². The number of rotatable bonds is 9. The standard InChI is InChI=1S/C24H27N5O5/c1-4-20(30)27-17-9-7-16(8-10-17)22(32)25-13-14-26-23(33)24(2,3)29-21(31)12-11-18(28-29)19-6-5-15-34-19/h5-12,15H,4,13-14H2,1-3H3,(H,25,32)(H,26,33)(H,27,30). The predicted octanol–water partition coefficient (Wildman–Crippen LogP) is 2.13. The summed E-state index contributed by atoms with van der Waals surface area (Å²) in [6.07, 6.45) is 1.86. The van der Waals surface area contributed by atoms with Gasteiger partial charge >= 0.3 is 0 Å². The van der Waals surface area contributed by atoms with Gasteiger partial charge in [-0.2, -0.15) is 5.10 Å². The van der Waals surface area contributed by atoms with Gasteiger partial charge in [-0.05, 0) is 56.3 Å². The second kappa shape index (κ2) is 10.6. The van der Waals surface area contributed by atoms with Crippen molar-refractivity contribution < 1.29 is 18.8 Å². The Morgan fingerprint density at radius 1 is 1.00 bits per heavy atom. The van der Waals surface area contributed by atoms with Gasteiger partial charge in [-0.1, -0.05) is 6.92 Å². The molecule has 34 heavy (non-hydrogen) atoms. The van der Waals surface area contributed by atoms with Crippen LogP contribution >= 0.6 is 0 Å². The summed E-state index contributed by atoms with van der Waals surface area (Å²) in [5.41, 5.74) is -0.243. The summed E-state index contributed by atoms with van der Waals surface area (Å²) < 4.78 is 6.43. The second-order valence-corrected chi connectivity index (χ2v) is 8.00. The number of benzene rings is 1. The molecule has 10 nitrogen and oxygen atoms in total. The fourth-order valence-corrected chi connectivity index (χ4v) is 3.09. The van der Waals surface area contributed by atoms with Crippen molar-refractivity contribution in [1.29, 1.82) is 0 Å². The molecule has 2 heterocycles. The average molecular weight is 466 g/mol. The van der Waals surface area contributed by atoms with Crippen LogP contribution in [0.4, 0.5) is 5.69 Å². The Hall–Kier alpha value is -4.21. The molecule has 3 rings (SSSR count). The van der Waals surface area contributed by atoms with Crippen LogP contribution in [0.5, 0.6) is 0 Å². The van der Waals surface area contributed by atoms with E-state index in [-0.39, 0.29) is 24.9 Å². The van der Waals surface area contributed by atoms with Gasteiger partial charge in [-0.3, -0.25) is 19.2 Å². The summed E-state index contributed by atoms with van der Waals surface area (Å²) in [5, 5.41) is 12.4. The van der Waals surface area contributed by atoms with Gasteiger partial charge < -0.3 is 20.4 Å². The number of nitrogens with zero attached hydrogens (tertiary/aromatic N) is 2. The van der Waals surface area contributed by atoms with Crippen molar-refractivity contribution in [2.24, 2.45) is 0 Å². The van der Waals surface area contributed by atoms with E-state index in [1.807, 2.05) is 0 Å². The smallest absolute Gasteiger partial charge is 0.267 e. The fraction of sp³-hybridized carbons (Fsp3) is 0.292. The highest BCUT2D eigenvalue weighted by Crippen LogP contribution is 2.18. The van der Waals surface area contributed by atoms with Crippen molar-refractivity contribution in [3.63, 3.8) is 0 Å². The second-order valence-electron chi connectivity index (χ2n) is 8.00. The largest absolute Gasteiger partial charge is 0.463 e. The van der Waals surface area contributed by atoms with Gasteiger partial charge in [0.15, 0.2) is 5.76 Å². The Morgan fingerprint density at radius 2 is 1.71 bits per heavy atom. The molecular weight excluding hydrogens is 438 g/mol. The Bertz CT molecular complexity index is 1210. The number of amides is 3. The fourth-order valence-electron chi connectivity index (χ4n) is 3.09. The third-order valence-corrected chi connectivity index (χ3v) is 5.11. The lowest BCUT2D eigenvalue weighted by Crippen LogP contribution is -2.50. The maximum atomic E-state index is 12.8. The molecule has 0 radical (unpaired) electrons. The van der Waals surface area contributed by atoms with Crippen LogP contribution in [0.1, 0.15) is 37.6 Å². The summed E-state index contributed by atoms with van der Waals surface area (Å²) in [6.45, 7) is 5.26. The first-order valence-electron chi connectivity index (χ1n) is 10.8. The van der Waals surface area contributed by atoms with Gasteiger partial charge in [0.2, 0.25) is 11.8 Å². The minimum absolute atomic E-state index is 0.110. The van der Waals surface area contributed by atoms with Crippen LogP contribution in [-0.2, 0) is 15.1 Å². The van der Waals surface area contributed by atoms with E-state index >= 15 is 0 Å². The predicted molar refractivity (Wildman–Crippen MR) is 126 cm³/mol. The van der Waals surface area contributed by atoms with Gasteiger partial charge in [0.1, 0.15) is 11.2 Å². The van der Waals surface area contributed by atoms with Crippen molar-refractivity contribution in [3.8, 4) is 11.5 Å². The molecule has 0 atom stereocenters. The first-order chi connectivity index (χ1) is 16.2. The molecule has 0 aliphatic carbocycles. The van der Waals surface area contributed by atoms with Crippen molar-refractivity contribution in [1.82, 2.24) is 20.4 Å². The molecule has 3 aromatic rings. The maximum Gasteiger partial charge on any atom is 0.267 e. The number of carbonyl (C=O) groups is 3. The van der Waals surface area contributed by atoms with Crippen LogP contribution in [0.2, 0.25) is 0 Å². The molecule has 0 spiro atoms. The molecule has 0 aliphatic heterocycles. The zero-order valence-corrected chi connectivity index (χ0v) is 19.3. The average Bonchev–Trinajstić information content (AvgIpc) is 3.37. The van der Waals surface area contributed by atoms with Gasteiger partial charge in [0.25, 0.3) is 11.5 Å². The lowest BCUT2D eigenvalue weighted by Gasteiger charge is -2.25. The molecule has 3 N–H and O–H groups in total. The molecule has 0 bridgehead atoms. The lowest BCUT2D eigenvalue weighted by atomic mass is 10.0. The molecule has 0 fully saturated rings. The lowest BCUT2D eigenvalue weighted by molar-refractivity contribution is -0.129. The first kappa shape index (κ1) is 24.4. The summed E-state index contributed by atoms with van der Waals surface area (Å²) in [7, 11) is 0. The zero-order chi connectivity index (χ0) is 24.7. The maximum absolute atomic E-state index is 12.8. The minimum Gasteiger partial charge on any atom is -0.463 e. The molecule has 10 heteroatoms. The van der Waals surface area contributed by atoms with E-state index in [4.69, 9.17) is 4.42 Å². The van der Waals surface area contributed by atoms with Crippen molar-refractivity contribution in [2.75, 3.05) is 18.4 Å². The Labute approximate surface area is 196 Å². The summed E-state index contributed by atoms with van der Waals surface area (Å²) in [4.78, 5) is 48.9. The van der Waals surface area contributed by atoms with Gasteiger partial charge in [0, 0.05) is 36.8 Å². The number of anilines is 1. The van der Waals surface area contributed by atoms with Crippen LogP contribution in [0.3, 0.4) is 0 Å². The molecule has 0 saturated heterocycles. The van der Waals surface area contributed by atoms with E-state index in [1.165, 1.54) is 18.4 Å². The number of aromatic nitrogens is 2. The normalized spacial score (nSPS) is 11.0. The number of nitrogens with one attached hydrogen (secondary N) is 3. The van der Waals surface area contributed by atoms with Crippen molar-refractivity contribution in [2.45, 2.75) is 32.7 Å². The molecule has 3 amide bonds. The van der Waals surface area contributed by atoms with Crippen molar-refractivity contribution >= 4 is 23.4 Å². The van der Waals surface area contributed by atoms with Crippen LogP contribution in [0.15, 0.2) is 64.0 Å². The minimum atomic E-state index is -1.28. The quantitative estimate of drug-likeness (QED) is 0.414. The van der Waals surface area contributed by atoms with Crippen LogP contribution in [0.25, 0.3) is 11.5 Å². The van der Waals surface area contributed by atoms with Gasteiger partial charge in [-0.25, -0.2) is 4.68 Å². The number of hydrogen-bond acceptors (Lipinski definition) is 6. The Morgan fingerprint density at radius 3 is 2.35 bits per heavy atom. The van der Waals surface area contributed by atoms with Crippen molar-refractivity contribution in [3.05, 3.63) is 70.7 Å². The molecule has 0 aliphatic rings. The molecule has 0 saturated carbocycles. The Balaban J connectivity index is 1.54. The summed E-state index contributed by atoms with van der Waals surface area (Å²) >= 11 is 0. The molecular formula is C24H27N5O5. The molecule has 1 aromatic carbocycles. The van der Waals surface area contributed by atoms with Gasteiger partial charge in [-0.15, -0.1) is 0 Å². The zero-order valence-electron chi connectivity index (χ0n) is 19.3. The highest BCUT2D eigenvalue weighted by atomic mass is 16.3. The SMILES string of the molecule is CCC(=O)Nc1ccc(C(=O)NCCNC(=O)C(C)(C)n2nc(-c3ccco3)ccc2=O)cc1. The van der Waals surface area contributed by atoms with Crippen LogP contribution in [0, 0.1) is 0 Å². The van der Waals surface area contributed by atoms with E-state index in [0.29, 0.717) is 29.1 Å². The van der Waals surface area contributed by atoms with E-state index < -0.39 is 17.0 Å². The Kier molecular flexibility index (Phi) is 7.62. The van der Waals surface area contributed by atoms with E-state index in [1.54, 1.807) is 57.2 Å². The molecule has 2 aromatic heterocycles. The number of carbonyl (C=O) groups excluding carboxylic acids is 3. The monoisotopic (exact) mass is 465 g/mol. The van der Waals surface area contributed by atoms with E-state index in [0.717, 1.165) is 4.68 Å². The van der Waals surface area contributed by atoms with Gasteiger partial charge in [0.05, 0.1) is 6.26 Å². The van der Waals surface area contributed by atoms with E-state index in [2.05, 4.69) is 21.0 Å².